The maximum absolute atomic E-state index is 11.2. The molecule has 0 bridgehead atoms. The van der Waals surface area contributed by atoms with Gasteiger partial charge in [0.15, 0.2) is 0 Å². The lowest BCUT2D eigenvalue weighted by atomic mass is 9.77. The Kier molecular flexibility index (Phi) is 2.87. The molecule has 0 aromatic heterocycles. The Labute approximate surface area is 127 Å². The molecule has 0 radical (unpaired) electrons. The first-order chi connectivity index (χ1) is 9.59. The van der Waals surface area contributed by atoms with Crippen molar-refractivity contribution in [2.24, 2.45) is 5.92 Å². The van der Waals surface area contributed by atoms with E-state index in [1.54, 1.807) is 0 Å². The van der Waals surface area contributed by atoms with Crippen LogP contribution in [0.25, 0.3) is 0 Å². The van der Waals surface area contributed by atoms with E-state index in [2.05, 4.69) is 53.7 Å². The maximum atomic E-state index is 11.2. The summed E-state index contributed by atoms with van der Waals surface area (Å²) in [6.45, 7) is 14.1. The molecular formula is C19H26O2. The Balaban J connectivity index is 2.19. The molecule has 2 heteroatoms. The van der Waals surface area contributed by atoms with Crippen molar-refractivity contribution in [1.29, 1.82) is 0 Å². The zero-order valence-electron chi connectivity index (χ0n) is 14.0. The van der Waals surface area contributed by atoms with E-state index in [9.17, 15) is 4.79 Å². The van der Waals surface area contributed by atoms with Crippen LogP contribution < -0.4 is 4.74 Å². The third-order valence-corrected chi connectivity index (χ3v) is 5.33. The molecular weight excluding hydrogens is 260 g/mol. The Bertz CT molecular complexity index is 607. The number of hydrogen-bond acceptors (Lipinski definition) is 2. The predicted octanol–water partition coefficient (Wildman–Crippen LogP) is 4.13. The van der Waals surface area contributed by atoms with Gasteiger partial charge in [-0.3, -0.25) is 0 Å². The van der Waals surface area contributed by atoms with Gasteiger partial charge in [0.1, 0.15) is 12.0 Å². The number of fused-ring (bicyclic) bond motifs is 1. The quantitative estimate of drug-likeness (QED) is 0.764. The molecule has 2 aliphatic rings. The smallest absolute Gasteiger partial charge is 0.126 e. The van der Waals surface area contributed by atoms with Crippen LogP contribution in [0.1, 0.15) is 64.7 Å². The van der Waals surface area contributed by atoms with Gasteiger partial charge in [-0.25, -0.2) is 0 Å². The molecule has 2 nitrogen and oxygen atoms in total. The lowest BCUT2D eigenvalue weighted by Gasteiger charge is -2.26. The second-order valence-corrected chi connectivity index (χ2v) is 8.69. The van der Waals surface area contributed by atoms with Gasteiger partial charge in [0.2, 0.25) is 0 Å². The lowest BCUT2D eigenvalue weighted by molar-refractivity contribution is -0.109. The third-order valence-electron chi connectivity index (χ3n) is 5.33. The van der Waals surface area contributed by atoms with E-state index < -0.39 is 0 Å². The summed E-state index contributed by atoms with van der Waals surface area (Å²) in [5.41, 5.74) is 4.01. The van der Waals surface area contributed by atoms with Crippen molar-refractivity contribution in [3.8, 4) is 5.75 Å². The molecule has 3 rings (SSSR count). The number of benzene rings is 1. The van der Waals surface area contributed by atoms with Crippen LogP contribution in [0.2, 0.25) is 0 Å². The van der Waals surface area contributed by atoms with Crippen molar-refractivity contribution in [3.05, 3.63) is 28.8 Å². The standard InChI is InChI=1S/C19H26O2/c1-17(2,3)14-7-12(19(6)9-13(19)10-20)8-15-16(14)21-11-18(15,4)5/h7-8,10,13H,9,11H2,1-6H3/t13-,19-/m1/s1. The minimum Gasteiger partial charge on any atom is -0.492 e. The van der Waals surface area contributed by atoms with Crippen LogP contribution in [-0.4, -0.2) is 12.9 Å². The lowest BCUT2D eigenvalue weighted by Crippen LogP contribution is -2.19. The van der Waals surface area contributed by atoms with E-state index in [4.69, 9.17) is 4.74 Å². The molecule has 1 saturated carbocycles. The summed E-state index contributed by atoms with van der Waals surface area (Å²) in [6.07, 6.45) is 2.09. The molecule has 114 valence electrons. The topological polar surface area (TPSA) is 26.3 Å². The van der Waals surface area contributed by atoms with Gasteiger partial charge in [0.25, 0.3) is 0 Å². The van der Waals surface area contributed by atoms with Crippen LogP contribution in [0.15, 0.2) is 12.1 Å². The van der Waals surface area contributed by atoms with Crippen molar-refractivity contribution in [1.82, 2.24) is 0 Å². The van der Waals surface area contributed by atoms with Gasteiger partial charge in [0.05, 0.1) is 6.61 Å². The second-order valence-electron chi connectivity index (χ2n) is 8.69. The summed E-state index contributed by atoms with van der Waals surface area (Å²) in [6, 6.07) is 4.57. The van der Waals surface area contributed by atoms with E-state index in [-0.39, 0.29) is 22.2 Å². The monoisotopic (exact) mass is 286 g/mol. The number of ether oxygens (including phenoxy) is 1. The van der Waals surface area contributed by atoms with Gasteiger partial charge in [-0.2, -0.15) is 0 Å². The van der Waals surface area contributed by atoms with Crippen molar-refractivity contribution < 1.29 is 9.53 Å². The van der Waals surface area contributed by atoms with E-state index >= 15 is 0 Å². The molecule has 0 unspecified atom stereocenters. The fourth-order valence-electron chi connectivity index (χ4n) is 3.43. The zero-order chi connectivity index (χ0) is 15.6. The third kappa shape index (κ3) is 2.11. The summed E-state index contributed by atoms with van der Waals surface area (Å²) >= 11 is 0. The van der Waals surface area contributed by atoms with Crippen LogP contribution >= 0.6 is 0 Å². The summed E-state index contributed by atoms with van der Waals surface area (Å²) in [5.74, 6) is 1.25. The summed E-state index contributed by atoms with van der Waals surface area (Å²) in [4.78, 5) is 11.2. The summed E-state index contributed by atoms with van der Waals surface area (Å²) in [7, 11) is 0. The second kappa shape index (κ2) is 4.12. The highest BCUT2D eigenvalue weighted by molar-refractivity contribution is 5.66. The largest absolute Gasteiger partial charge is 0.492 e. The number of carbonyl (C=O) groups excluding carboxylic acids is 1. The van der Waals surface area contributed by atoms with E-state index in [1.807, 2.05) is 0 Å². The van der Waals surface area contributed by atoms with Crippen molar-refractivity contribution in [2.45, 2.75) is 64.2 Å². The van der Waals surface area contributed by atoms with Crippen LogP contribution in [-0.2, 0) is 21.0 Å². The Morgan fingerprint density at radius 2 is 1.90 bits per heavy atom. The van der Waals surface area contributed by atoms with Gasteiger partial charge in [0, 0.05) is 27.9 Å². The average Bonchev–Trinajstić information content (AvgIpc) is 2.97. The normalized spacial score (nSPS) is 29.7. The van der Waals surface area contributed by atoms with Gasteiger partial charge in [-0.15, -0.1) is 0 Å². The van der Waals surface area contributed by atoms with Crippen LogP contribution in [0.3, 0.4) is 0 Å². The van der Waals surface area contributed by atoms with E-state index in [0.29, 0.717) is 0 Å². The number of rotatable bonds is 2. The van der Waals surface area contributed by atoms with Crippen molar-refractivity contribution >= 4 is 6.29 Å². The highest BCUT2D eigenvalue weighted by atomic mass is 16.5. The van der Waals surface area contributed by atoms with Crippen LogP contribution in [0, 0.1) is 5.92 Å². The zero-order valence-corrected chi connectivity index (χ0v) is 14.0. The van der Waals surface area contributed by atoms with Crippen LogP contribution in [0.4, 0.5) is 0 Å². The van der Waals surface area contributed by atoms with E-state index in [0.717, 1.165) is 25.1 Å². The molecule has 1 aromatic carbocycles. The molecule has 0 N–H and O–H groups in total. The molecule has 1 fully saturated rings. The predicted molar refractivity (Wildman–Crippen MR) is 85.2 cm³/mol. The Morgan fingerprint density at radius 3 is 2.43 bits per heavy atom. The van der Waals surface area contributed by atoms with Crippen LogP contribution in [0.5, 0.6) is 5.75 Å². The minimum absolute atomic E-state index is 0.0233. The minimum atomic E-state index is 0.0233. The summed E-state index contributed by atoms with van der Waals surface area (Å²) in [5, 5.41) is 0. The van der Waals surface area contributed by atoms with Gasteiger partial charge >= 0.3 is 0 Å². The van der Waals surface area contributed by atoms with Gasteiger partial charge in [-0.1, -0.05) is 53.7 Å². The molecule has 1 aliphatic heterocycles. The number of hydrogen-bond donors (Lipinski definition) is 0. The highest BCUT2D eigenvalue weighted by Gasteiger charge is 2.52. The van der Waals surface area contributed by atoms with E-state index in [1.165, 1.54) is 16.7 Å². The van der Waals surface area contributed by atoms with Gasteiger partial charge in [-0.05, 0) is 17.4 Å². The molecule has 21 heavy (non-hydrogen) atoms. The molecule has 1 heterocycles. The molecule has 0 amide bonds. The van der Waals surface area contributed by atoms with Crippen molar-refractivity contribution in [3.63, 3.8) is 0 Å². The Morgan fingerprint density at radius 1 is 1.24 bits per heavy atom. The van der Waals surface area contributed by atoms with Gasteiger partial charge < -0.3 is 9.53 Å². The Hall–Kier alpha value is -1.31. The molecule has 1 aromatic rings. The molecule has 0 spiro atoms. The number of carbonyl (C=O) groups is 1. The van der Waals surface area contributed by atoms with Crippen molar-refractivity contribution in [2.75, 3.05) is 6.61 Å². The SMILES string of the molecule is CC(C)(C)c1cc([C@@]2(C)C[C@@H]2C=O)cc2c1OCC2(C)C. The average molecular weight is 286 g/mol. The molecule has 0 saturated heterocycles. The number of aldehydes is 1. The fourth-order valence-corrected chi connectivity index (χ4v) is 3.43. The first-order valence-corrected chi connectivity index (χ1v) is 7.87. The summed E-state index contributed by atoms with van der Waals surface area (Å²) < 4.78 is 6.04. The molecule has 1 aliphatic carbocycles. The first kappa shape index (κ1) is 14.6. The maximum Gasteiger partial charge on any atom is 0.126 e. The molecule has 2 atom stereocenters. The first-order valence-electron chi connectivity index (χ1n) is 7.87. The fraction of sp³-hybridized carbons (Fsp3) is 0.632. The highest BCUT2D eigenvalue weighted by Crippen LogP contribution is 2.56.